The maximum absolute atomic E-state index is 4.44. The standard InChI is InChI=1S/C12H18N2/c1-9-12(8-13-10(2)14-9)11-6-4-3-5-7-11/h8,11H,3-7H2,1-2H3. The molecule has 0 spiro atoms. The average Bonchev–Trinajstić information content (AvgIpc) is 2.19. The van der Waals surface area contributed by atoms with Crippen LogP contribution in [0.1, 0.15) is 55.1 Å². The summed E-state index contributed by atoms with van der Waals surface area (Å²) in [6.45, 7) is 4.07. The summed E-state index contributed by atoms with van der Waals surface area (Å²) in [7, 11) is 0. The summed E-state index contributed by atoms with van der Waals surface area (Å²) in [4.78, 5) is 8.74. The minimum Gasteiger partial charge on any atom is -0.241 e. The topological polar surface area (TPSA) is 25.8 Å². The lowest BCUT2D eigenvalue weighted by atomic mass is 9.84. The van der Waals surface area contributed by atoms with Gasteiger partial charge in [0.2, 0.25) is 0 Å². The van der Waals surface area contributed by atoms with Crippen molar-refractivity contribution < 1.29 is 0 Å². The third-order valence-corrected chi connectivity index (χ3v) is 3.18. The van der Waals surface area contributed by atoms with E-state index in [0.717, 1.165) is 11.7 Å². The van der Waals surface area contributed by atoms with Gasteiger partial charge in [-0.2, -0.15) is 0 Å². The van der Waals surface area contributed by atoms with Gasteiger partial charge in [-0.1, -0.05) is 19.3 Å². The van der Waals surface area contributed by atoms with Gasteiger partial charge < -0.3 is 0 Å². The quantitative estimate of drug-likeness (QED) is 0.680. The molecule has 0 unspecified atom stereocenters. The SMILES string of the molecule is Cc1ncc(C2CCCCC2)c(C)n1. The second-order valence-corrected chi connectivity index (χ2v) is 4.29. The van der Waals surface area contributed by atoms with E-state index in [9.17, 15) is 0 Å². The number of aromatic nitrogens is 2. The van der Waals surface area contributed by atoms with Crippen molar-refractivity contribution in [3.63, 3.8) is 0 Å². The van der Waals surface area contributed by atoms with Gasteiger partial charge >= 0.3 is 0 Å². The third-order valence-electron chi connectivity index (χ3n) is 3.18. The molecular weight excluding hydrogens is 172 g/mol. The molecule has 2 heteroatoms. The Morgan fingerprint density at radius 3 is 2.50 bits per heavy atom. The van der Waals surface area contributed by atoms with Crippen molar-refractivity contribution in [1.82, 2.24) is 9.97 Å². The van der Waals surface area contributed by atoms with Crippen LogP contribution in [-0.4, -0.2) is 9.97 Å². The molecule has 1 saturated carbocycles. The van der Waals surface area contributed by atoms with Gasteiger partial charge in [-0.25, -0.2) is 9.97 Å². The smallest absolute Gasteiger partial charge is 0.125 e. The fourth-order valence-electron chi connectivity index (χ4n) is 2.41. The Morgan fingerprint density at radius 2 is 1.86 bits per heavy atom. The molecule has 1 heterocycles. The molecule has 14 heavy (non-hydrogen) atoms. The Labute approximate surface area is 85.8 Å². The van der Waals surface area contributed by atoms with Gasteiger partial charge in [0.1, 0.15) is 5.82 Å². The Hall–Kier alpha value is -0.920. The highest BCUT2D eigenvalue weighted by Gasteiger charge is 2.17. The summed E-state index contributed by atoms with van der Waals surface area (Å²) in [5.41, 5.74) is 2.57. The minimum atomic E-state index is 0.726. The summed E-state index contributed by atoms with van der Waals surface area (Å²) >= 11 is 0. The normalized spacial score (nSPS) is 18.4. The van der Waals surface area contributed by atoms with E-state index in [1.165, 1.54) is 43.4 Å². The first kappa shape index (κ1) is 9.63. The van der Waals surface area contributed by atoms with Crippen LogP contribution in [0, 0.1) is 13.8 Å². The summed E-state index contributed by atoms with van der Waals surface area (Å²) in [6, 6.07) is 0. The molecule has 0 radical (unpaired) electrons. The molecule has 0 amide bonds. The van der Waals surface area contributed by atoms with Crippen molar-refractivity contribution in [3.8, 4) is 0 Å². The predicted molar refractivity (Wildman–Crippen MR) is 57.3 cm³/mol. The van der Waals surface area contributed by atoms with Crippen LogP contribution < -0.4 is 0 Å². The summed E-state index contributed by atoms with van der Waals surface area (Å²) in [5, 5.41) is 0. The molecule has 1 fully saturated rings. The summed E-state index contributed by atoms with van der Waals surface area (Å²) < 4.78 is 0. The summed E-state index contributed by atoms with van der Waals surface area (Å²) in [6.07, 6.45) is 8.84. The van der Waals surface area contributed by atoms with E-state index in [1.807, 2.05) is 13.1 Å². The molecule has 0 atom stereocenters. The van der Waals surface area contributed by atoms with Crippen LogP contribution in [0.5, 0.6) is 0 Å². The number of nitrogens with zero attached hydrogens (tertiary/aromatic N) is 2. The van der Waals surface area contributed by atoms with Crippen molar-refractivity contribution in [3.05, 3.63) is 23.3 Å². The van der Waals surface area contributed by atoms with Crippen molar-refractivity contribution in [2.24, 2.45) is 0 Å². The first-order valence-electron chi connectivity index (χ1n) is 5.57. The maximum Gasteiger partial charge on any atom is 0.125 e. The van der Waals surface area contributed by atoms with Crippen molar-refractivity contribution >= 4 is 0 Å². The second kappa shape index (κ2) is 4.07. The molecule has 0 bridgehead atoms. The molecule has 1 aliphatic rings. The number of rotatable bonds is 1. The van der Waals surface area contributed by atoms with Crippen molar-refractivity contribution in [2.75, 3.05) is 0 Å². The van der Waals surface area contributed by atoms with Gasteiger partial charge in [0.05, 0.1) is 0 Å². The highest BCUT2D eigenvalue weighted by molar-refractivity contribution is 5.21. The number of aryl methyl sites for hydroxylation is 2. The van der Waals surface area contributed by atoms with Crippen LogP contribution in [0.15, 0.2) is 6.20 Å². The van der Waals surface area contributed by atoms with E-state index < -0.39 is 0 Å². The minimum absolute atomic E-state index is 0.726. The molecule has 0 aliphatic heterocycles. The molecule has 1 aliphatic carbocycles. The van der Waals surface area contributed by atoms with Gasteiger partial charge in [-0.3, -0.25) is 0 Å². The van der Waals surface area contributed by atoms with Crippen LogP contribution in [0.3, 0.4) is 0 Å². The fraction of sp³-hybridized carbons (Fsp3) is 0.667. The van der Waals surface area contributed by atoms with Gasteiger partial charge in [0.25, 0.3) is 0 Å². The maximum atomic E-state index is 4.44. The van der Waals surface area contributed by atoms with E-state index in [1.54, 1.807) is 0 Å². The average molecular weight is 190 g/mol. The van der Waals surface area contributed by atoms with Gasteiger partial charge in [-0.15, -0.1) is 0 Å². The van der Waals surface area contributed by atoms with Crippen molar-refractivity contribution in [2.45, 2.75) is 51.9 Å². The molecule has 0 aromatic carbocycles. The molecule has 0 saturated heterocycles. The second-order valence-electron chi connectivity index (χ2n) is 4.29. The monoisotopic (exact) mass is 190 g/mol. The zero-order chi connectivity index (χ0) is 9.97. The fourth-order valence-corrected chi connectivity index (χ4v) is 2.41. The highest BCUT2D eigenvalue weighted by atomic mass is 14.9. The first-order valence-corrected chi connectivity index (χ1v) is 5.57. The lowest BCUT2D eigenvalue weighted by Gasteiger charge is -2.22. The molecule has 2 rings (SSSR count). The lowest BCUT2D eigenvalue weighted by Crippen LogP contribution is -2.08. The number of hydrogen-bond acceptors (Lipinski definition) is 2. The lowest BCUT2D eigenvalue weighted by molar-refractivity contribution is 0.440. The van der Waals surface area contributed by atoms with E-state index >= 15 is 0 Å². The Balaban J connectivity index is 2.22. The van der Waals surface area contributed by atoms with Gasteiger partial charge in [-0.05, 0) is 38.2 Å². The van der Waals surface area contributed by atoms with Gasteiger partial charge in [0, 0.05) is 11.9 Å². The summed E-state index contributed by atoms with van der Waals surface area (Å²) in [5.74, 6) is 1.62. The molecule has 76 valence electrons. The van der Waals surface area contributed by atoms with Crippen LogP contribution in [-0.2, 0) is 0 Å². The molecule has 2 nitrogen and oxygen atoms in total. The molecule has 1 aromatic heterocycles. The van der Waals surface area contributed by atoms with Gasteiger partial charge in [0.15, 0.2) is 0 Å². The molecular formula is C12H18N2. The Bertz CT molecular complexity index is 314. The zero-order valence-corrected chi connectivity index (χ0v) is 9.08. The van der Waals surface area contributed by atoms with Crippen LogP contribution in [0.2, 0.25) is 0 Å². The number of hydrogen-bond donors (Lipinski definition) is 0. The van der Waals surface area contributed by atoms with Crippen LogP contribution in [0.25, 0.3) is 0 Å². The highest BCUT2D eigenvalue weighted by Crippen LogP contribution is 2.33. The third kappa shape index (κ3) is 1.94. The molecule has 0 N–H and O–H groups in total. The largest absolute Gasteiger partial charge is 0.241 e. The van der Waals surface area contributed by atoms with Crippen LogP contribution in [0.4, 0.5) is 0 Å². The predicted octanol–water partition coefficient (Wildman–Crippen LogP) is 3.14. The molecule has 1 aromatic rings. The van der Waals surface area contributed by atoms with E-state index in [2.05, 4.69) is 16.9 Å². The zero-order valence-electron chi connectivity index (χ0n) is 9.08. The van der Waals surface area contributed by atoms with E-state index in [-0.39, 0.29) is 0 Å². The first-order chi connectivity index (χ1) is 6.77. The van der Waals surface area contributed by atoms with Crippen LogP contribution >= 0.6 is 0 Å². The van der Waals surface area contributed by atoms with E-state index in [4.69, 9.17) is 0 Å². The van der Waals surface area contributed by atoms with Crippen molar-refractivity contribution in [1.29, 1.82) is 0 Å². The Kier molecular flexibility index (Phi) is 2.80. The Morgan fingerprint density at radius 1 is 1.14 bits per heavy atom. The van der Waals surface area contributed by atoms with E-state index in [0.29, 0.717) is 0 Å².